The Morgan fingerprint density at radius 1 is 0.552 bits per heavy atom. The second kappa shape index (κ2) is 30.5. The molecule has 7 aromatic carbocycles. The van der Waals surface area contributed by atoms with Gasteiger partial charge in [-0.15, -0.1) is 35.0 Å². The third-order valence-corrected chi connectivity index (χ3v) is 16.9. The fourth-order valence-electron chi connectivity index (χ4n) is 12.4. The number of carbonyl (C=O) groups is 2. The summed E-state index contributed by atoms with van der Waals surface area (Å²) in [6, 6.07) is 58.4. The number of hydrogen-bond acceptors (Lipinski definition) is 12. The number of halogens is 6. The number of Topliss-reactive ketones (excluding diaryl/α,β-unsaturated/α-hetero) is 1. The largest absolute Gasteiger partial charge is 0.572 e. The molecule has 15 aromatic rings. The molecular weight excluding hydrogens is 1530 g/mol. The molecule has 17 rings (SSSR count). The van der Waals surface area contributed by atoms with E-state index in [0.29, 0.717) is 35.4 Å². The van der Waals surface area contributed by atoms with Crippen LogP contribution in [0.15, 0.2) is 207 Å². The van der Waals surface area contributed by atoms with Crippen LogP contribution >= 0.6 is 0 Å². The molecule has 1 N–H and O–H groups in total. The number of ether oxygens (including phenoxy) is 1. The minimum absolute atomic E-state index is 0. The number of fused-ring (bicyclic) bond motifs is 9. The third kappa shape index (κ3) is 15.3. The van der Waals surface area contributed by atoms with Gasteiger partial charge < -0.3 is 52.8 Å². The summed E-state index contributed by atoms with van der Waals surface area (Å²) < 4.78 is 94.2. The number of esters is 1. The molecule has 0 fully saturated rings. The van der Waals surface area contributed by atoms with E-state index in [-0.39, 0.29) is 45.0 Å². The van der Waals surface area contributed by atoms with Gasteiger partial charge in [-0.2, -0.15) is 69.0 Å². The van der Waals surface area contributed by atoms with Gasteiger partial charge in [0, 0.05) is 106 Å². The van der Waals surface area contributed by atoms with Crippen molar-refractivity contribution in [2.24, 2.45) is 21.1 Å². The molecule has 0 amide bonds. The number of aromatic amines is 1. The Kier molecular flexibility index (Phi) is 21.6. The summed E-state index contributed by atoms with van der Waals surface area (Å²) in [6.07, 6.45) is 3.69. The van der Waals surface area contributed by atoms with Crippen LogP contribution in [0.25, 0.3) is 106 Å². The second-order valence-electron chi connectivity index (χ2n) is 24.3. The Morgan fingerprint density at radius 2 is 0.990 bits per heavy atom. The molecule has 0 unspecified atom stereocenters. The van der Waals surface area contributed by atoms with Gasteiger partial charge in [0.05, 0.1) is 28.7 Å². The average molecular weight is 1600 g/mol. The van der Waals surface area contributed by atoms with Crippen molar-refractivity contribution in [1.29, 1.82) is 0 Å². The zero-order chi connectivity index (χ0) is 72.6. The van der Waals surface area contributed by atoms with E-state index in [1.54, 1.807) is 101 Å². The molecule has 8 aromatic heterocycles. The van der Waals surface area contributed by atoms with Crippen molar-refractivity contribution < 1.29 is 60.8 Å². The number of para-hydroxylation sites is 6. The number of alkyl halides is 6. The summed E-state index contributed by atoms with van der Waals surface area (Å²) in [5, 5.41) is 21.1. The summed E-state index contributed by atoms with van der Waals surface area (Å²) in [7, 11) is 9.17. The number of H-pyrrole nitrogens is 1. The van der Waals surface area contributed by atoms with Crippen LogP contribution in [0.1, 0.15) is 55.8 Å². The van der Waals surface area contributed by atoms with E-state index < -0.39 is 23.6 Å². The number of hydrogen-bond donors (Lipinski definition) is 1. The third-order valence-electron chi connectivity index (χ3n) is 16.9. The SMILES string of the molecule is C.CC(=O)c1nc(-n2c3ccccc3c3ccccc32)cn1C.CCOC(C)=O.CN1C=CN(c2[c-]c(N3C=CN(C)[CH-]3)cc(C(F)(F)F)c2)[CH-]1.Cc1cc(-c2nc(-n3c4[c-]cccc4c4ccccc43)cn2C)[n-]n1.Cn1cc(-n2c3ccccc3c3ccccc32)nc1-c1cc(C(F)(F)F)[nH]n1.[Ir]. The van der Waals surface area contributed by atoms with Gasteiger partial charge in [0.1, 0.15) is 17.2 Å². The molecule has 27 heteroatoms. The molecule has 2 aliphatic rings. The summed E-state index contributed by atoms with van der Waals surface area (Å²) in [6.45, 7) is 10.5. The molecule has 0 saturated heterocycles. The van der Waals surface area contributed by atoms with Gasteiger partial charge in [-0.3, -0.25) is 23.8 Å². The Hall–Kier alpha value is -12.0. The van der Waals surface area contributed by atoms with Crippen molar-refractivity contribution in [2.75, 3.05) is 30.5 Å². The maximum atomic E-state index is 13.1. The first kappa shape index (κ1) is 74.2. The molecule has 20 nitrogen and oxygen atoms in total. The predicted octanol–water partition coefficient (Wildman–Crippen LogP) is 16.7. The number of nitrogens with one attached hydrogen (secondary N) is 1. The van der Waals surface area contributed by atoms with Gasteiger partial charge in [-0.05, 0) is 94.5 Å². The van der Waals surface area contributed by atoms with Crippen LogP contribution in [0.3, 0.4) is 0 Å². The number of nitrogens with zero attached hydrogens (tertiary/aromatic N) is 16. The molecule has 0 saturated carbocycles. The standard InChI is InChI=1S/C20H14F3N5.C20H15N5.C18H15N3O.C15H14F3N4.C4H8O2.CH4.Ir/c1-27-11-18(24-19(27)14-10-17(26-25-14)20(21,22)23)28-15-8-4-2-6-12(15)13-7-3-5-9-16(13)28;1-13-11-16(23-22-13)20-21-19(12-24(20)2)25-17-9-5-3-7-14(17)15-8-4-6-10-18(15)25;1-12(22)18-19-17(11-20(18)2)21-15-9-5-3-7-13(15)14-8-4-6-10-16(14)21;1-19-3-5-21(10-19)13-7-12(15(16,17)18)8-14(9-13)22-6-4-20(2)11-22;1-3-6-4(2)5;;/h2-11H,1H3,(H,25,26);3-9,11-12H,1-2H3;3-11H,1-2H3;3-8,10-11H,1-2H3;3H2,1-2H3;1H4;/q;-2;;-3;;;. The molecule has 0 bridgehead atoms. The summed E-state index contributed by atoms with van der Waals surface area (Å²) in [4.78, 5) is 42.2. The molecule has 105 heavy (non-hydrogen) atoms. The van der Waals surface area contributed by atoms with Crippen LogP contribution in [-0.4, -0.2) is 99.9 Å². The number of carbonyl (C=O) groups excluding carboxylic acids is 2. The molecule has 10 heterocycles. The number of rotatable bonds is 9. The fourth-order valence-corrected chi connectivity index (χ4v) is 12.4. The number of ketones is 1. The van der Waals surface area contributed by atoms with Crippen molar-refractivity contribution in [1.82, 2.24) is 72.5 Å². The zero-order valence-corrected chi connectivity index (χ0v) is 59.9. The smallest absolute Gasteiger partial charge is 0.432 e. The van der Waals surface area contributed by atoms with Crippen LogP contribution in [0.4, 0.5) is 37.7 Å². The van der Waals surface area contributed by atoms with Crippen molar-refractivity contribution in [3.8, 4) is 40.5 Å². The minimum atomic E-state index is -4.48. The predicted molar refractivity (Wildman–Crippen MR) is 392 cm³/mol. The van der Waals surface area contributed by atoms with Crippen molar-refractivity contribution >= 4 is 88.5 Å². The topological polar surface area (TPSA) is 180 Å². The Bertz CT molecular complexity index is 5500. The van der Waals surface area contributed by atoms with Gasteiger partial charge in [-0.25, -0.2) is 15.0 Å². The second-order valence-corrected chi connectivity index (χ2v) is 24.3. The number of aryl methyl sites for hydroxylation is 4. The van der Waals surface area contributed by atoms with E-state index in [2.05, 4.69) is 99.8 Å². The van der Waals surface area contributed by atoms with Crippen LogP contribution in [-0.2, 0) is 63.1 Å². The average Bonchev–Trinajstić information content (AvgIpc) is 1.60. The van der Waals surface area contributed by atoms with E-state index in [4.69, 9.17) is 4.98 Å². The number of aromatic nitrogens is 13. The molecular formula is C78H70F6IrN17O3-5. The summed E-state index contributed by atoms with van der Waals surface area (Å²) >= 11 is 0. The molecule has 0 spiro atoms. The van der Waals surface area contributed by atoms with Gasteiger partial charge in [-0.1, -0.05) is 121 Å². The molecule has 1 radical (unpaired) electrons. The first-order chi connectivity index (χ1) is 49.4. The van der Waals surface area contributed by atoms with Gasteiger partial charge >= 0.3 is 18.3 Å². The number of imidazole rings is 3. The maximum absolute atomic E-state index is 13.1. The Balaban J connectivity index is 0.000000136. The first-order valence-corrected chi connectivity index (χ1v) is 32.4. The first-order valence-electron chi connectivity index (χ1n) is 32.4. The van der Waals surface area contributed by atoms with Crippen LogP contribution in [0, 0.1) is 32.4 Å². The monoisotopic (exact) mass is 1600 g/mol. The summed E-state index contributed by atoms with van der Waals surface area (Å²) in [5.41, 5.74) is 7.18. The van der Waals surface area contributed by atoms with Crippen LogP contribution < -0.4 is 14.9 Å². The maximum Gasteiger partial charge on any atom is 0.432 e. The molecule has 0 aliphatic carbocycles. The van der Waals surface area contributed by atoms with E-state index in [0.717, 1.165) is 90.9 Å². The van der Waals surface area contributed by atoms with Crippen molar-refractivity contribution in [3.63, 3.8) is 0 Å². The quantitative estimate of drug-likeness (QED) is 0.0625. The number of benzene rings is 7. The molecule has 541 valence electrons. The summed E-state index contributed by atoms with van der Waals surface area (Å²) in [5.74, 6) is 3.62. The fraction of sp³-hybridized carbons (Fsp3) is 0.167. The van der Waals surface area contributed by atoms with Gasteiger partial charge in [0.2, 0.25) is 0 Å². The van der Waals surface area contributed by atoms with Crippen LogP contribution in [0.5, 0.6) is 0 Å². The van der Waals surface area contributed by atoms with Crippen LogP contribution in [0.2, 0.25) is 0 Å². The Labute approximate surface area is 613 Å². The van der Waals surface area contributed by atoms with E-state index >= 15 is 0 Å². The number of anilines is 2. The van der Waals surface area contributed by atoms with Crippen molar-refractivity contribution in [3.05, 3.63) is 255 Å². The zero-order valence-electron chi connectivity index (χ0n) is 57.5. The normalized spacial score (nSPS) is 12.6. The van der Waals surface area contributed by atoms with E-state index in [1.165, 1.54) is 35.4 Å². The van der Waals surface area contributed by atoms with E-state index in [1.807, 2.05) is 145 Å². The molecule has 2 aliphatic heterocycles. The Morgan fingerprint density at radius 3 is 1.40 bits per heavy atom. The minimum Gasteiger partial charge on any atom is -0.572 e. The van der Waals surface area contributed by atoms with Gasteiger partial charge in [0.15, 0.2) is 34.9 Å². The van der Waals surface area contributed by atoms with E-state index in [9.17, 15) is 35.9 Å². The molecule has 0 atom stereocenters. The van der Waals surface area contributed by atoms with Gasteiger partial charge in [0.25, 0.3) is 0 Å². The van der Waals surface area contributed by atoms with Crippen molar-refractivity contribution in [2.45, 2.75) is 47.5 Å².